The first-order chi connectivity index (χ1) is 8.00. The molecule has 1 aromatic carbocycles. The van der Waals surface area contributed by atoms with Crippen LogP contribution in [-0.4, -0.2) is 17.7 Å². The number of hydrogen-bond acceptors (Lipinski definition) is 2. The molecule has 0 aliphatic carbocycles. The zero-order chi connectivity index (χ0) is 12.8. The second-order valence-corrected chi connectivity index (χ2v) is 4.43. The van der Waals surface area contributed by atoms with Crippen LogP contribution in [0.5, 0.6) is 5.75 Å². The molecule has 0 bridgehead atoms. The Hall–Kier alpha value is -1.55. The highest BCUT2D eigenvalue weighted by atomic mass is 79.9. The molecule has 0 radical (unpaired) electrons. The highest BCUT2D eigenvalue weighted by Crippen LogP contribution is 2.30. The van der Waals surface area contributed by atoms with E-state index in [1.54, 1.807) is 6.07 Å². The molecular formula is C13H13BrO3. The minimum Gasteiger partial charge on any atom is -0.487 e. The number of halogens is 1. The van der Waals surface area contributed by atoms with Crippen LogP contribution in [0.2, 0.25) is 0 Å². The van der Waals surface area contributed by atoms with E-state index < -0.39 is 5.97 Å². The third kappa shape index (κ3) is 4.44. The predicted octanol–water partition coefficient (Wildman–Crippen LogP) is 3.50. The van der Waals surface area contributed by atoms with Gasteiger partial charge in [0.1, 0.15) is 12.4 Å². The summed E-state index contributed by atoms with van der Waals surface area (Å²) in [6.45, 7) is 6.02. The normalized spacial score (nSPS) is 10.5. The van der Waals surface area contributed by atoms with Crippen LogP contribution in [0.25, 0.3) is 6.08 Å². The number of para-hydroxylation sites is 1. The molecule has 3 nitrogen and oxygen atoms in total. The second kappa shape index (κ2) is 6.25. The maximum Gasteiger partial charge on any atom is 0.328 e. The first-order valence-corrected chi connectivity index (χ1v) is 5.76. The topological polar surface area (TPSA) is 46.5 Å². The number of carboxylic acids is 1. The SMILES string of the molecule is C=C(C)COc1c(Br)cccc1/C=C/C(=O)O. The van der Waals surface area contributed by atoms with E-state index in [1.807, 2.05) is 19.1 Å². The van der Waals surface area contributed by atoms with Gasteiger partial charge in [0, 0.05) is 11.6 Å². The molecule has 0 aromatic heterocycles. The summed E-state index contributed by atoms with van der Waals surface area (Å²) >= 11 is 3.37. The Morgan fingerprint density at radius 1 is 1.59 bits per heavy atom. The van der Waals surface area contributed by atoms with E-state index in [1.165, 1.54) is 6.08 Å². The summed E-state index contributed by atoms with van der Waals surface area (Å²) in [5, 5.41) is 8.60. The molecular weight excluding hydrogens is 284 g/mol. The zero-order valence-electron chi connectivity index (χ0n) is 9.44. The van der Waals surface area contributed by atoms with Gasteiger partial charge in [-0.1, -0.05) is 18.7 Å². The molecule has 1 N–H and O–H groups in total. The van der Waals surface area contributed by atoms with Gasteiger partial charge in [-0.15, -0.1) is 0 Å². The van der Waals surface area contributed by atoms with Gasteiger partial charge in [-0.2, -0.15) is 0 Å². The third-order valence-corrected chi connectivity index (χ3v) is 2.49. The van der Waals surface area contributed by atoms with Crippen LogP contribution in [0.1, 0.15) is 12.5 Å². The van der Waals surface area contributed by atoms with Gasteiger partial charge in [0.2, 0.25) is 0 Å². The molecule has 17 heavy (non-hydrogen) atoms. The van der Waals surface area contributed by atoms with E-state index >= 15 is 0 Å². The van der Waals surface area contributed by atoms with Crippen LogP contribution in [-0.2, 0) is 4.79 Å². The molecule has 1 rings (SSSR count). The van der Waals surface area contributed by atoms with E-state index in [-0.39, 0.29) is 0 Å². The van der Waals surface area contributed by atoms with Crippen LogP contribution >= 0.6 is 15.9 Å². The Labute approximate surface area is 109 Å². The molecule has 0 atom stereocenters. The number of carboxylic acid groups (broad SMARTS) is 1. The molecule has 90 valence electrons. The summed E-state index contributed by atoms with van der Waals surface area (Å²) < 4.78 is 6.35. The van der Waals surface area contributed by atoms with Crippen molar-refractivity contribution in [1.82, 2.24) is 0 Å². The summed E-state index contributed by atoms with van der Waals surface area (Å²) in [6.07, 6.45) is 2.58. The Morgan fingerprint density at radius 3 is 2.88 bits per heavy atom. The number of benzene rings is 1. The van der Waals surface area contributed by atoms with Crippen LogP contribution in [0.15, 0.2) is 40.9 Å². The number of ether oxygens (including phenoxy) is 1. The second-order valence-electron chi connectivity index (χ2n) is 3.58. The molecule has 1 aromatic rings. The van der Waals surface area contributed by atoms with Gasteiger partial charge in [0.05, 0.1) is 4.47 Å². The Kier molecular flexibility index (Phi) is 4.97. The summed E-state index contributed by atoms with van der Waals surface area (Å²) in [6, 6.07) is 5.45. The minimum atomic E-state index is -0.990. The van der Waals surface area contributed by atoms with Gasteiger partial charge in [-0.05, 0) is 40.6 Å². The van der Waals surface area contributed by atoms with Crippen molar-refractivity contribution in [3.63, 3.8) is 0 Å². The van der Waals surface area contributed by atoms with Gasteiger partial charge < -0.3 is 9.84 Å². The summed E-state index contributed by atoms with van der Waals surface area (Å²) in [7, 11) is 0. The summed E-state index contributed by atoms with van der Waals surface area (Å²) in [4.78, 5) is 10.5. The lowest BCUT2D eigenvalue weighted by atomic mass is 10.2. The van der Waals surface area contributed by atoms with Crippen molar-refractivity contribution in [2.45, 2.75) is 6.92 Å². The molecule has 0 aliphatic rings. The van der Waals surface area contributed by atoms with Crippen LogP contribution in [0, 0.1) is 0 Å². The van der Waals surface area contributed by atoms with Crippen molar-refractivity contribution in [2.24, 2.45) is 0 Å². The highest BCUT2D eigenvalue weighted by molar-refractivity contribution is 9.10. The maximum absolute atomic E-state index is 10.5. The van der Waals surface area contributed by atoms with E-state index in [0.717, 1.165) is 16.1 Å². The lowest BCUT2D eigenvalue weighted by Crippen LogP contribution is -2.00. The summed E-state index contributed by atoms with van der Waals surface area (Å²) in [5.41, 5.74) is 1.61. The lowest BCUT2D eigenvalue weighted by molar-refractivity contribution is -0.131. The van der Waals surface area contributed by atoms with Crippen molar-refractivity contribution in [3.05, 3.63) is 46.5 Å². The van der Waals surface area contributed by atoms with Crippen LogP contribution < -0.4 is 4.74 Å². The first-order valence-electron chi connectivity index (χ1n) is 4.97. The Balaban J connectivity index is 2.99. The average Bonchev–Trinajstić information content (AvgIpc) is 2.24. The molecule has 4 heteroatoms. The predicted molar refractivity (Wildman–Crippen MR) is 71.1 cm³/mol. The largest absolute Gasteiger partial charge is 0.487 e. The quantitative estimate of drug-likeness (QED) is 0.668. The first kappa shape index (κ1) is 13.5. The third-order valence-electron chi connectivity index (χ3n) is 1.87. The summed E-state index contributed by atoms with van der Waals surface area (Å²) in [5.74, 6) is -0.371. The standard InChI is InChI=1S/C13H13BrO3/c1-9(2)8-17-13-10(6-7-12(15)16)4-3-5-11(13)14/h3-7H,1,8H2,2H3,(H,15,16)/b7-6+. The van der Waals surface area contributed by atoms with Gasteiger partial charge in [0.15, 0.2) is 0 Å². The number of rotatable bonds is 5. The number of hydrogen-bond donors (Lipinski definition) is 1. The van der Waals surface area contributed by atoms with Gasteiger partial charge in [0.25, 0.3) is 0 Å². The van der Waals surface area contributed by atoms with E-state index in [0.29, 0.717) is 17.9 Å². The minimum absolute atomic E-state index is 0.399. The lowest BCUT2D eigenvalue weighted by Gasteiger charge is -2.10. The molecule has 0 aliphatic heterocycles. The van der Waals surface area contributed by atoms with Crippen molar-refractivity contribution < 1.29 is 14.6 Å². The maximum atomic E-state index is 10.5. The molecule has 0 amide bonds. The smallest absolute Gasteiger partial charge is 0.328 e. The Bertz CT molecular complexity index is 464. The fourth-order valence-corrected chi connectivity index (χ4v) is 1.66. The van der Waals surface area contributed by atoms with Gasteiger partial charge in [-0.3, -0.25) is 0 Å². The zero-order valence-corrected chi connectivity index (χ0v) is 11.0. The fourth-order valence-electron chi connectivity index (χ4n) is 1.17. The van der Waals surface area contributed by atoms with E-state index in [9.17, 15) is 4.79 Å². The van der Waals surface area contributed by atoms with Crippen molar-refractivity contribution >= 4 is 28.0 Å². The molecule has 0 saturated carbocycles. The van der Waals surface area contributed by atoms with Crippen LogP contribution in [0.4, 0.5) is 0 Å². The van der Waals surface area contributed by atoms with Crippen molar-refractivity contribution in [1.29, 1.82) is 0 Å². The van der Waals surface area contributed by atoms with Gasteiger partial charge >= 0.3 is 5.97 Å². The number of aliphatic carboxylic acids is 1. The van der Waals surface area contributed by atoms with Crippen LogP contribution in [0.3, 0.4) is 0 Å². The molecule has 0 unspecified atom stereocenters. The van der Waals surface area contributed by atoms with Crippen molar-refractivity contribution in [2.75, 3.05) is 6.61 Å². The highest BCUT2D eigenvalue weighted by Gasteiger charge is 2.06. The van der Waals surface area contributed by atoms with Crippen molar-refractivity contribution in [3.8, 4) is 5.75 Å². The molecule has 0 heterocycles. The average molecular weight is 297 g/mol. The molecule has 0 spiro atoms. The fraction of sp³-hybridized carbons (Fsp3) is 0.154. The van der Waals surface area contributed by atoms with E-state index in [4.69, 9.17) is 9.84 Å². The monoisotopic (exact) mass is 296 g/mol. The van der Waals surface area contributed by atoms with E-state index in [2.05, 4.69) is 22.5 Å². The molecule has 0 fully saturated rings. The van der Waals surface area contributed by atoms with Gasteiger partial charge in [-0.25, -0.2) is 4.79 Å². The Morgan fingerprint density at radius 2 is 2.29 bits per heavy atom. The number of carbonyl (C=O) groups is 1. The molecule has 0 saturated heterocycles.